The van der Waals surface area contributed by atoms with E-state index in [9.17, 15) is 9.90 Å². The molecule has 0 radical (unpaired) electrons. The van der Waals surface area contributed by atoms with Crippen molar-refractivity contribution in [2.24, 2.45) is 0 Å². The van der Waals surface area contributed by atoms with E-state index in [1.807, 2.05) is 18.2 Å². The standard InChI is InChI=1S/C18H20BrN3O2/c1-21-8-10-22(11-9-21)16-12-15(6-7-17(16)23)20-18(24)13-2-4-14(19)5-3-13/h2-7,12,23H,8-11H2,1H3,(H,20,24). The predicted molar refractivity (Wildman–Crippen MR) is 99.9 cm³/mol. The Bertz CT molecular complexity index is 726. The molecule has 0 saturated carbocycles. The van der Waals surface area contributed by atoms with Crippen LogP contribution in [0.5, 0.6) is 5.75 Å². The van der Waals surface area contributed by atoms with Crippen LogP contribution in [0.4, 0.5) is 11.4 Å². The van der Waals surface area contributed by atoms with E-state index in [-0.39, 0.29) is 11.7 Å². The Balaban J connectivity index is 1.75. The molecule has 1 heterocycles. The topological polar surface area (TPSA) is 55.8 Å². The maximum absolute atomic E-state index is 12.3. The van der Waals surface area contributed by atoms with Gasteiger partial charge in [-0.2, -0.15) is 0 Å². The highest BCUT2D eigenvalue weighted by Crippen LogP contribution is 2.31. The van der Waals surface area contributed by atoms with Crippen LogP contribution in [0.1, 0.15) is 10.4 Å². The van der Waals surface area contributed by atoms with Crippen LogP contribution < -0.4 is 10.2 Å². The summed E-state index contributed by atoms with van der Waals surface area (Å²) in [6.45, 7) is 3.62. The number of nitrogens with one attached hydrogen (secondary N) is 1. The van der Waals surface area contributed by atoms with Gasteiger partial charge in [0.15, 0.2) is 0 Å². The Labute approximate surface area is 150 Å². The van der Waals surface area contributed by atoms with Crippen LogP contribution in [-0.2, 0) is 0 Å². The van der Waals surface area contributed by atoms with Gasteiger partial charge in [-0.15, -0.1) is 0 Å². The van der Waals surface area contributed by atoms with Crippen LogP contribution in [0.3, 0.4) is 0 Å². The summed E-state index contributed by atoms with van der Waals surface area (Å²) in [6, 6.07) is 12.4. The smallest absolute Gasteiger partial charge is 0.255 e. The number of hydrogen-bond donors (Lipinski definition) is 2. The van der Waals surface area contributed by atoms with E-state index in [1.54, 1.807) is 24.3 Å². The lowest BCUT2D eigenvalue weighted by Gasteiger charge is -2.34. The largest absolute Gasteiger partial charge is 0.506 e. The number of halogens is 1. The summed E-state index contributed by atoms with van der Waals surface area (Å²) in [6.07, 6.45) is 0. The number of likely N-dealkylation sites (N-methyl/N-ethyl adjacent to an activating group) is 1. The summed E-state index contributed by atoms with van der Waals surface area (Å²) in [7, 11) is 2.09. The molecule has 0 aromatic heterocycles. The molecule has 24 heavy (non-hydrogen) atoms. The average molecular weight is 390 g/mol. The van der Waals surface area contributed by atoms with Crippen molar-refractivity contribution in [3.05, 3.63) is 52.5 Å². The van der Waals surface area contributed by atoms with Crippen molar-refractivity contribution >= 4 is 33.2 Å². The van der Waals surface area contributed by atoms with Gasteiger partial charge in [0, 0.05) is 41.9 Å². The molecule has 0 bridgehead atoms. The van der Waals surface area contributed by atoms with Crippen molar-refractivity contribution in [3.63, 3.8) is 0 Å². The number of rotatable bonds is 3. The van der Waals surface area contributed by atoms with Gasteiger partial charge in [0.2, 0.25) is 0 Å². The molecule has 2 N–H and O–H groups in total. The second-order valence-corrected chi connectivity index (χ2v) is 6.87. The summed E-state index contributed by atoms with van der Waals surface area (Å²) in [5.74, 6) is 0.0683. The minimum atomic E-state index is -0.169. The number of benzene rings is 2. The summed E-state index contributed by atoms with van der Waals surface area (Å²) >= 11 is 3.36. The molecule has 1 aliphatic rings. The van der Waals surface area contributed by atoms with Gasteiger partial charge in [0.1, 0.15) is 5.75 Å². The lowest BCUT2D eigenvalue weighted by atomic mass is 10.2. The van der Waals surface area contributed by atoms with Crippen LogP contribution in [0.25, 0.3) is 0 Å². The number of carbonyl (C=O) groups excluding carboxylic acids is 1. The van der Waals surface area contributed by atoms with Crippen LogP contribution in [0.15, 0.2) is 46.9 Å². The van der Waals surface area contributed by atoms with Gasteiger partial charge < -0.3 is 20.2 Å². The fourth-order valence-corrected chi connectivity index (χ4v) is 2.97. The first-order chi connectivity index (χ1) is 11.5. The molecular formula is C18H20BrN3O2. The van der Waals surface area contributed by atoms with E-state index >= 15 is 0 Å². The first-order valence-corrected chi connectivity index (χ1v) is 8.65. The number of anilines is 2. The van der Waals surface area contributed by atoms with Crippen molar-refractivity contribution in [1.82, 2.24) is 4.90 Å². The van der Waals surface area contributed by atoms with Gasteiger partial charge >= 0.3 is 0 Å². The third-order valence-electron chi connectivity index (χ3n) is 4.18. The van der Waals surface area contributed by atoms with Crippen LogP contribution in [-0.4, -0.2) is 49.1 Å². The molecule has 0 spiro atoms. The van der Waals surface area contributed by atoms with E-state index in [2.05, 4.69) is 38.1 Å². The number of phenolic OH excluding ortho intramolecular Hbond substituents is 1. The SMILES string of the molecule is CN1CCN(c2cc(NC(=O)c3ccc(Br)cc3)ccc2O)CC1. The number of hydrogen-bond acceptors (Lipinski definition) is 4. The number of phenols is 1. The van der Waals surface area contributed by atoms with Crippen LogP contribution >= 0.6 is 15.9 Å². The minimum Gasteiger partial charge on any atom is -0.506 e. The zero-order valence-electron chi connectivity index (χ0n) is 13.5. The van der Waals surface area contributed by atoms with Gasteiger partial charge in [-0.1, -0.05) is 15.9 Å². The summed E-state index contributed by atoms with van der Waals surface area (Å²) in [4.78, 5) is 16.7. The Hall–Kier alpha value is -2.05. The quantitative estimate of drug-likeness (QED) is 0.791. The van der Waals surface area contributed by atoms with E-state index in [0.29, 0.717) is 11.3 Å². The molecule has 2 aromatic rings. The number of nitrogens with zero attached hydrogens (tertiary/aromatic N) is 2. The van der Waals surface area contributed by atoms with E-state index < -0.39 is 0 Å². The molecule has 1 fully saturated rings. The Morgan fingerprint density at radius 2 is 1.75 bits per heavy atom. The molecule has 126 valence electrons. The third-order valence-corrected chi connectivity index (χ3v) is 4.71. The molecule has 1 amide bonds. The summed E-state index contributed by atoms with van der Waals surface area (Å²) in [5.41, 5.74) is 2.03. The van der Waals surface area contributed by atoms with E-state index in [0.717, 1.165) is 36.3 Å². The van der Waals surface area contributed by atoms with Gasteiger partial charge in [0.25, 0.3) is 5.91 Å². The maximum Gasteiger partial charge on any atom is 0.255 e. The highest BCUT2D eigenvalue weighted by molar-refractivity contribution is 9.10. The highest BCUT2D eigenvalue weighted by atomic mass is 79.9. The Morgan fingerprint density at radius 3 is 2.42 bits per heavy atom. The summed E-state index contributed by atoms with van der Waals surface area (Å²) in [5, 5.41) is 13.1. The van der Waals surface area contributed by atoms with Crippen molar-refractivity contribution in [2.45, 2.75) is 0 Å². The molecule has 2 aromatic carbocycles. The van der Waals surface area contributed by atoms with E-state index in [1.165, 1.54) is 0 Å². The molecule has 0 unspecified atom stereocenters. The van der Waals surface area contributed by atoms with Crippen molar-refractivity contribution in [1.29, 1.82) is 0 Å². The van der Waals surface area contributed by atoms with Crippen LogP contribution in [0.2, 0.25) is 0 Å². The van der Waals surface area contributed by atoms with Crippen molar-refractivity contribution < 1.29 is 9.90 Å². The fourth-order valence-electron chi connectivity index (χ4n) is 2.71. The summed E-state index contributed by atoms with van der Waals surface area (Å²) < 4.78 is 0.932. The molecule has 5 nitrogen and oxygen atoms in total. The van der Waals surface area contributed by atoms with E-state index in [4.69, 9.17) is 0 Å². The van der Waals surface area contributed by atoms with Gasteiger partial charge in [-0.3, -0.25) is 4.79 Å². The molecule has 3 rings (SSSR count). The monoisotopic (exact) mass is 389 g/mol. The van der Waals surface area contributed by atoms with Crippen molar-refractivity contribution in [2.75, 3.05) is 43.4 Å². The van der Waals surface area contributed by atoms with Gasteiger partial charge in [-0.05, 0) is 49.5 Å². The van der Waals surface area contributed by atoms with Gasteiger partial charge in [0.05, 0.1) is 5.69 Å². The molecule has 6 heteroatoms. The number of amides is 1. The molecule has 0 atom stereocenters. The first kappa shape index (κ1) is 16.8. The van der Waals surface area contributed by atoms with Crippen molar-refractivity contribution in [3.8, 4) is 5.75 Å². The zero-order valence-corrected chi connectivity index (χ0v) is 15.1. The molecule has 1 aliphatic heterocycles. The predicted octanol–water partition coefficient (Wildman–Crippen LogP) is 3.16. The first-order valence-electron chi connectivity index (χ1n) is 7.86. The second-order valence-electron chi connectivity index (χ2n) is 5.95. The molecular weight excluding hydrogens is 370 g/mol. The maximum atomic E-state index is 12.3. The minimum absolute atomic E-state index is 0.169. The molecule has 1 saturated heterocycles. The third kappa shape index (κ3) is 3.88. The lowest BCUT2D eigenvalue weighted by Crippen LogP contribution is -2.44. The van der Waals surface area contributed by atoms with Gasteiger partial charge in [-0.25, -0.2) is 0 Å². The second kappa shape index (κ2) is 7.23. The zero-order chi connectivity index (χ0) is 17.1. The normalized spacial score (nSPS) is 15.3. The highest BCUT2D eigenvalue weighted by Gasteiger charge is 2.18. The number of carbonyl (C=O) groups is 1. The number of aromatic hydroxyl groups is 1. The fraction of sp³-hybridized carbons (Fsp3) is 0.278. The average Bonchev–Trinajstić information content (AvgIpc) is 2.58. The Kier molecular flexibility index (Phi) is 5.06. The molecule has 0 aliphatic carbocycles. The number of piperazine rings is 1. The lowest BCUT2D eigenvalue weighted by molar-refractivity contribution is 0.102. The van der Waals surface area contributed by atoms with Crippen LogP contribution in [0, 0.1) is 0 Å². The Morgan fingerprint density at radius 1 is 1.08 bits per heavy atom.